The van der Waals surface area contributed by atoms with Crippen LogP contribution in [0, 0.1) is 0 Å². The van der Waals surface area contributed by atoms with Gasteiger partial charge in [0, 0.05) is 11.9 Å². The first-order valence-electron chi connectivity index (χ1n) is 6.30. The van der Waals surface area contributed by atoms with E-state index in [1.807, 2.05) is 36.4 Å². The van der Waals surface area contributed by atoms with Gasteiger partial charge in [-0.15, -0.1) is 11.3 Å². The average molecular weight is 290 g/mol. The number of nitrogens with one attached hydrogen (secondary N) is 1. The number of para-hydroxylation sites is 2. The Labute approximate surface area is 122 Å². The van der Waals surface area contributed by atoms with Crippen LogP contribution in [0.3, 0.4) is 0 Å². The molecule has 0 fully saturated rings. The summed E-state index contributed by atoms with van der Waals surface area (Å²) in [5, 5.41) is 4.83. The van der Waals surface area contributed by atoms with Crippen molar-refractivity contribution in [2.45, 2.75) is 19.5 Å². The number of benzene rings is 1. The van der Waals surface area contributed by atoms with Crippen LogP contribution in [0.25, 0.3) is 0 Å². The summed E-state index contributed by atoms with van der Waals surface area (Å²) in [5.41, 5.74) is 9.79. The van der Waals surface area contributed by atoms with Gasteiger partial charge in [0.2, 0.25) is 5.91 Å². The van der Waals surface area contributed by atoms with Gasteiger partial charge in [0.25, 0.3) is 0 Å². The van der Waals surface area contributed by atoms with Gasteiger partial charge in [-0.05, 0) is 26.1 Å². The van der Waals surface area contributed by atoms with Crippen molar-refractivity contribution in [2.24, 2.45) is 0 Å². The quantitative estimate of drug-likeness (QED) is 0.828. The molecular weight excluding hydrogens is 272 g/mol. The second-order valence-electron chi connectivity index (χ2n) is 4.65. The van der Waals surface area contributed by atoms with Crippen molar-refractivity contribution >= 4 is 28.6 Å². The Kier molecular flexibility index (Phi) is 4.70. The number of hydrogen-bond donors (Lipinski definition) is 2. The fraction of sp³-hybridized carbons (Fsp3) is 0.286. The summed E-state index contributed by atoms with van der Waals surface area (Å²) in [4.78, 5) is 18.4. The maximum absolute atomic E-state index is 12.2. The Morgan fingerprint density at radius 1 is 1.50 bits per heavy atom. The van der Waals surface area contributed by atoms with Crippen LogP contribution in [0.4, 0.5) is 11.4 Å². The number of nitrogen functional groups attached to an aromatic ring is 1. The van der Waals surface area contributed by atoms with Gasteiger partial charge in [0.15, 0.2) is 0 Å². The van der Waals surface area contributed by atoms with Gasteiger partial charge in [-0.1, -0.05) is 12.1 Å². The number of amides is 1. The standard InChI is InChI=1S/C14H18N4OS/c1-10(18(2)7-11-8-20-9-16-11)14(19)17-13-6-4-3-5-12(13)15/h3-6,8-10H,7,15H2,1-2H3,(H,17,19). The minimum atomic E-state index is -0.267. The van der Waals surface area contributed by atoms with Crippen molar-refractivity contribution in [3.63, 3.8) is 0 Å². The highest BCUT2D eigenvalue weighted by molar-refractivity contribution is 7.07. The molecule has 1 amide bonds. The predicted molar refractivity (Wildman–Crippen MR) is 82.5 cm³/mol. The molecular formula is C14H18N4OS. The lowest BCUT2D eigenvalue weighted by atomic mass is 10.2. The lowest BCUT2D eigenvalue weighted by Crippen LogP contribution is -2.39. The molecule has 0 aliphatic rings. The molecule has 2 rings (SSSR count). The molecule has 1 heterocycles. The topological polar surface area (TPSA) is 71.2 Å². The summed E-state index contributed by atoms with van der Waals surface area (Å²) in [6.07, 6.45) is 0. The van der Waals surface area contributed by atoms with Crippen molar-refractivity contribution in [3.8, 4) is 0 Å². The van der Waals surface area contributed by atoms with E-state index < -0.39 is 0 Å². The lowest BCUT2D eigenvalue weighted by molar-refractivity contribution is -0.120. The maximum atomic E-state index is 12.2. The van der Waals surface area contributed by atoms with Crippen molar-refractivity contribution in [2.75, 3.05) is 18.1 Å². The molecule has 106 valence electrons. The summed E-state index contributed by atoms with van der Waals surface area (Å²) in [5.74, 6) is -0.0828. The number of nitrogens with zero attached hydrogens (tertiary/aromatic N) is 2. The van der Waals surface area contributed by atoms with Crippen molar-refractivity contribution < 1.29 is 4.79 Å². The van der Waals surface area contributed by atoms with E-state index >= 15 is 0 Å². The SMILES string of the molecule is CC(C(=O)Nc1ccccc1N)N(C)Cc1cscn1. The Hall–Kier alpha value is -1.92. The van der Waals surface area contributed by atoms with E-state index in [0.717, 1.165) is 5.69 Å². The first-order chi connectivity index (χ1) is 9.58. The molecule has 0 saturated heterocycles. The van der Waals surface area contributed by atoms with Crippen molar-refractivity contribution in [1.29, 1.82) is 0 Å². The Bertz CT molecular complexity index is 570. The van der Waals surface area contributed by atoms with Gasteiger partial charge < -0.3 is 11.1 Å². The minimum Gasteiger partial charge on any atom is -0.397 e. The monoisotopic (exact) mass is 290 g/mol. The Morgan fingerprint density at radius 3 is 2.90 bits per heavy atom. The van der Waals surface area contributed by atoms with Gasteiger partial charge in [0.1, 0.15) is 0 Å². The van der Waals surface area contributed by atoms with Gasteiger partial charge >= 0.3 is 0 Å². The summed E-state index contributed by atoms with van der Waals surface area (Å²) in [7, 11) is 1.90. The zero-order valence-electron chi connectivity index (χ0n) is 11.5. The fourth-order valence-corrected chi connectivity index (χ4v) is 2.31. The largest absolute Gasteiger partial charge is 0.397 e. The van der Waals surface area contributed by atoms with E-state index in [0.29, 0.717) is 17.9 Å². The van der Waals surface area contributed by atoms with Gasteiger partial charge in [0.05, 0.1) is 28.6 Å². The number of aromatic nitrogens is 1. The molecule has 0 bridgehead atoms. The smallest absolute Gasteiger partial charge is 0.241 e. The number of likely N-dealkylation sites (N-methyl/N-ethyl adjacent to an activating group) is 1. The van der Waals surface area contributed by atoms with Crippen LogP contribution in [0.5, 0.6) is 0 Å². The third-order valence-electron chi connectivity index (χ3n) is 3.15. The summed E-state index contributed by atoms with van der Waals surface area (Å²) in [6.45, 7) is 2.50. The number of hydrogen-bond acceptors (Lipinski definition) is 5. The molecule has 5 nitrogen and oxygen atoms in total. The molecule has 1 unspecified atom stereocenters. The van der Waals surface area contributed by atoms with Crippen LogP contribution < -0.4 is 11.1 Å². The van der Waals surface area contributed by atoms with E-state index in [2.05, 4.69) is 10.3 Å². The van der Waals surface area contributed by atoms with E-state index in [4.69, 9.17) is 5.73 Å². The normalized spacial score (nSPS) is 12.3. The van der Waals surface area contributed by atoms with Gasteiger partial charge in [-0.25, -0.2) is 4.98 Å². The Balaban J connectivity index is 1.96. The molecule has 3 N–H and O–H groups in total. The first kappa shape index (κ1) is 14.5. The molecule has 0 aliphatic carbocycles. The molecule has 6 heteroatoms. The predicted octanol–water partition coefficient (Wildman–Crippen LogP) is 2.18. The van der Waals surface area contributed by atoms with Crippen molar-refractivity contribution in [3.05, 3.63) is 40.8 Å². The van der Waals surface area contributed by atoms with E-state index in [1.165, 1.54) is 0 Å². The van der Waals surface area contributed by atoms with Crippen LogP contribution in [0.1, 0.15) is 12.6 Å². The van der Waals surface area contributed by atoms with Crippen LogP contribution in [-0.2, 0) is 11.3 Å². The molecule has 20 heavy (non-hydrogen) atoms. The highest BCUT2D eigenvalue weighted by atomic mass is 32.1. The zero-order valence-corrected chi connectivity index (χ0v) is 12.4. The molecule has 0 aliphatic heterocycles. The van der Waals surface area contributed by atoms with Crippen molar-refractivity contribution in [1.82, 2.24) is 9.88 Å². The van der Waals surface area contributed by atoms with E-state index in [-0.39, 0.29) is 11.9 Å². The average Bonchev–Trinajstić information content (AvgIpc) is 2.93. The molecule has 1 atom stereocenters. The second-order valence-corrected chi connectivity index (χ2v) is 5.37. The zero-order chi connectivity index (χ0) is 14.5. The molecule has 1 aromatic carbocycles. The van der Waals surface area contributed by atoms with E-state index in [9.17, 15) is 4.79 Å². The van der Waals surface area contributed by atoms with Crippen LogP contribution in [-0.4, -0.2) is 28.9 Å². The number of carbonyl (C=O) groups is 1. The molecule has 2 aromatic rings. The van der Waals surface area contributed by atoms with Gasteiger partial charge in [-0.3, -0.25) is 9.69 Å². The summed E-state index contributed by atoms with van der Waals surface area (Å²) in [6, 6.07) is 6.97. The number of nitrogens with two attached hydrogens (primary N) is 1. The number of anilines is 2. The van der Waals surface area contributed by atoms with Gasteiger partial charge in [-0.2, -0.15) is 0 Å². The third kappa shape index (κ3) is 3.55. The number of thiazole rings is 1. The third-order valence-corrected chi connectivity index (χ3v) is 3.79. The molecule has 0 spiro atoms. The first-order valence-corrected chi connectivity index (χ1v) is 7.25. The summed E-state index contributed by atoms with van der Waals surface area (Å²) < 4.78 is 0. The lowest BCUT2D eigenvalue weighted by Gasteiger charge is -2.23. The number of carbonyl (C=O) groups excluding carboxylic acids is 1. The molecule has 0 radical (unpaired) electrons. The fourth-order valence-electron chi connectivity index (χ4n) is 1.76. The van der Waals surface area contributed by atoms with Crippen LogP contribution in [0.15, 0.2) is 35.2 Å². The van der Waals surface area contributed by atoms with E-state index in [1.54, 1.807) is 29.0 Å². The second kappa shape index (κ2) is 6.49. The maximum Gasteiger partial charge on any atom is 0.241 e. The molecule has 1 aromatic heterocycles. The van der Waals surface area contributed by atoms with Crippen LogP contribution in [0.2, 0.25) is 0 Å². The highest BCUT2D eigenvalue weighted by Crippen LogP contribution is 2.17. The molecule has 0 saturated carbocycles. The minimum absolute atomic E-state index is 0.0828. The highest BCUT2D eigenvalue weighted by Gasteiger charge is 2.19. The summed E-state index contributed by atoms with van der Waals surface area (Å²) >= 11 is 1.55. The van der Waals surface area contributed by atoms with Crippen LogP contribution >= 0.6 is 11.3 Å². The number of rotatable bonds is 5. The Morgan fingerprint density at radius 2 is 2.25 bits per heavy atom.